The molecule has 0 aromatic carbocycles. The third-order valence-electron chi connectivity index (χ3n) is 3.45. The van der Waals surface area contributed by atoms with Crippen molar-refractivity contribution in [2.75, 3.05) is 25.1 Å². The Hall–Kier alpha value is -0.910. The van der Waals surface area contributed by atoms with Crippen LogP contribution >= 0.6 is 0 Å². The Morgan fingerprint density at radius 2 is 2.18 bits per heavy atom. The second-order valence-electron chi connectivity index (χ2n) is 4.80. The van der Waals surface area contributed by atoms with Crippen molar-refractivity contribution in [3.63, 3.8) is 0 Å². The second-order valence-corrected chi connectivity index (χ2v) is 6.28. The molecule has 3 unspecified atom stereocenters. The fraction of sp³-hybridized carbons (Fsp3) is 0.818. The molecule has 5 nitrogen and oxygen atoms in total. The Kier molecular flexibility index (Phi) is 3.51. The summed E-state index contributed by atoms with van der Waals surface area (Å²) in [6.45, 7) is 2.71. The van der Waals surface area contributed by atoms with E-state index >= 15 is 0 Å². The lowest BCUT2D eigenvalue weighted by molar-refractivity contribution is -0.155. The lowest BCUT2D eigenvalue weighted by atomic mass is 10.1. The van der Waals surface area contributed by atoms with E-state index in [1.807, 2.05) is 6.92 Å². The van der Waals surface area contributed by atoms with Crippen LogP contribution in [-0.4, -0.2) is 63.0 Å². The van der Waals surface area contributed by atoms with Gasteiger partial charge in [-0.15, -0.1) is 0 Å². The average molecular weight is 258 g/mol. The molecule has 0 aromatic heterocycles. The summed E-state index contributed by atoms with van der Waals surface area (Å²) >= 11 is 0. The molecule has 0 aromatic rings. The molecule has 2 fully saturated rings. The molecule has 2 saturated heterocycles. The molecule has 2 aliphatic heterocycles. The van der Waals surface area contributed by atoms with Crippen LogP contribution in [0.2, 0.25) is 0 Å². The van der Waals surface area contributed by atoms with E-state index in [1.54, 1.807) is 16.1 Å². The minimum absolute atomic E-state index is 0.0278. The number of rotatable bonds is 3. The predicted octanol–water partition coefficient (Wildman–Crippen LogP) is -0.413. The first-order chi connectivity index (χ1) is 8.00. The minimum Gasteiger partial charge on any atom is -0.329 e. The van der Waals surface area contributed by atoms with Crippen molar-refractivity contribution in [3.05, 3.63) is 0 Å². The van der Waals surface area contributed by atoms with Crippen molar-refractivity contribution < 1.29 is 13.8 Å². The van der Waals surface area contributed by atoms with Gasteiger partial charge in [-0.05, 0) is 19.8 Å². The Morgan fingerprint density at radius 1 is 1.47 bits per heavy atom. The van der Waals surface area contributed by atoms with E-state index in [9.17, 15) is 13.8 Å². The summed E-state index contributed by atoms with van der Waals surface area (Å²) in [6.07, 6.45) is 3.29. The average Bonchev–Trinajstić information content (AvgIpc) is 2.71. The van der Waals surface area contributed by atoms with E-state index in [-0.39, 0.29) is 30.4 Å². The number of hydrogen-bond acceptors (Lipinski definition) is 3. The van der Waals surface area contributed by atoms with Crippen LogP contribution in [0.3, 0.4) is 0 Å². The van der Waals surface area contributed by atoms with Crippen LogP contribution in [0.15, 0.2) is 0 Å². The zero-order valence-corrected chi connectivity index (χ0v) is 11.0. The molecule has 0 N–H and O–H groups in total. The third kappa shape index (κ3) is 2.36. The van der Waals surface area contributed by atoms with E-state index in [0.29, 0.717) is 12.3 Å². The number of piperazine rings is 1. The van der Waals surface area contributed by atoms with Gasteiger partial charge >= 0.3 is 0 Å². The zero-order valence-electron chi connectivity index (χ0n) is 10.2. The van der Waals surface area contributed by atoms with Crippen LogP contribution in [0.5, 0.6) is 0 Å². The van der Waals surface area contributed by atoms with Crippen molar-refractivity contribution in [1.82, 2.24) is 9.80 Å². The highest BCUT2D eigenvalue weighted by molar-refractivity contribution is 7.84. The highest BCUT2D eigenvalue weighted by atomic mass is 32.2. The van der Waals surface area contributed by atoms with Gasteiger partial charge < -0.3 is 9.80 Å². The molecule has 0 aliphatic carbocycles. The molecule has 2 aliphatic rings. The smallest absolute Gasteiger partial charge is 0.246 e. The van der Waals surface area contributed by atoms with Gasteiger partial charge in [0.05, 0.1) is 0 Å². The third-order valence-corrected chi connectivity index (χ3v) is 4.41. The molecule has 6 heteroatoms. The van der Waals surface area contributed by atoms with Crippen LogP contribution in [-0.2, 0) is 20.4 Å². The van der Waals surface area contributed by atoms with Crippen molar-refractivity contribution >= 4 is 22.6 Å². The first-order valence-electron chi connectivity index (χ1n) is 5.90. The van der Waals surface area contributed by atoms with Crippen LogP contribution in [0, 0.1) is 0 Å². The van der Waals surface area contributed by atoms with Crippen molar-refractivity contribution in [2.45, 2.75) is 31.8 Å². The van der Waals surface area contributed by atoms with Crippen LogP contribution in [0.4, 0.5) is 0 Å². The van der Waals surface area contributed by atoms with Gasteiger partial charge in [0.25, 0.3) is 0 Å². The quantitative estimate of drug-likeness (QED) is 0.691. The molecule has 2 rings (SSSR count). The molecule has 2 amide bonds. The normalized spacial score (nSPS) is 28.2. The van der Waals surface area contributed by atoms with Gasteiger partial charge in [-0.2, -0.15) is 0 Å². The summed E-state index contributed by atoms with van der Waals surface area (Å²) in [5.74, 6) is 0.493. The van der Waals surface area contributed by atoms with Gasteiger partial charge in [-0.3, -0.25) is 13.8 Å². The molecule has 0 radical (unpaired) electrons. The summed E-state index contributed by atoms with van der Waals surface area (Å²) in [7, 11) is -0.949. The van der Waals surface area contributed by atoms with E-state index in [0.717, 1.165) is 12.8 Å². The predicted molar refractivity (Wildman–Crippen MR) is 64.8 cm³/mol. The largest absolute Gasteiger partial charge is 0.329 e. The zero-order chi connectivity index (χ0) is 12.6. The number of fused-ring (bicyclic) bond motifs is 1. The minimum atomic E-state index is -0.949. The maximum atomic E-state index is 12.2. The summed E-state index contributed by atoms with van der Waals surface area (Å²) in [4.78, 5) is 27.4. The maximum absolute atomic E-state index is 12.2. The molecule has 0 saturated carbocycles. The maximum Gasteiger partial charge on any atom is 0.246 e. The lowest BCUT2D eigenvalue weighted by Crippen LogP contribution is -2.60. The Morgan fingerprint density at radius 3 is 2.82 bits per heavy atom. The van der Waals surface area contributed by atoms with Gasteiger partial charge in [0.15, 0.2) is 0 Å². The van der Waals surface area contributed by atoms with E-state index < -0.39 is 10.8 Å². The molecule has 0 bridgehead atoms. The van der Waals surface area contributed by atoms with Gasteiger partial charge in [-0.25, -0.2) is 0 Å². The highest BCUT2D eigenvalue weighted by Crippen LogP contribution is 2.24. The Bertz CT molecular complexity index is 372. The fourth-order valence-corrected chi connectivity index (χ4v) is 3.49. The van der Waals surface area contributed by atoms with Crippen LogP contribution in [0.25, 0.3) is 0 Å². The molecular weight excluding hydrogens is 240 g/mol. The van der Waals surface area contributed by atoms with Crippen molar-refractivity contribution in [3.8, 4) is 0 Å². The van der Waals surface area contributed by atoms with Crippen molar-refractivity contribution in [2.24, 2.45) is 0 Å². The number of hydrogen-bond donors (Lipinski definition) is 0. The fourth-order valence-electron chi connectivity index (χ4n) is 2.63. The number of carbonyl (C=O) groups is 2. The molecule has 17 heavy (non-hydrogen) atoms. The van der Waals surface area contributed by atoms with Gasteiger partial charge in [-0.1, -0.05) is 0 Å². The molecule has 3 atom stereocenters. The molecule has 0 spiro atoms. The molecular formula is C11H18N2O3S. The summed E-state index contributed by atoms with van der Waals surface area (Å²) < 4.78 is 11.2. The van der Waals surface area contributed by atoms with Gasteiger partial charge in [0.2, 0.25) is 11.8 Å². The number of nitrogens with zero attached hydrogens (tertiary/aromatic N) is 2. The summed E-state index contributed by atoms with van der Waals surface area (Å²) in [6, 6.07) is -0.385. The summed E-state index contributed by atoms with van der Waals surface area (Å²) in [5, 5.41) is 0. The Labute approximate surface area is 104 Å². The monoisotopic (exact) mass is 258 g/mol. The lowest BCUT2D eigenvalue weighted by Gasteiger charge is -2.39. The van der Waals surface area contributed by atoms with Crippen LogP contribution in [0.1, 0.15) is 19.8 Å². The number of amides is 2. The standard InChI is InChI=1S/C11H18N2O3S/c1-8(7-17(2)16)13-6-10(14)12-5-3-4-9(12)11(13)15/h8-9H,3-7H2,1-2H3. The molecule has 2 heterocycles. The second kappa shape index (κ2) is 4.76. The van der Waals surface area contributed by atoms with E-state index in [4.69, 9.17) is 0 Å². The molecule has 96 valence electrons. The van der Waals surface area contributed by atoms with E-state index in [2.05, 4.69) is 0 Å². The first-order valence-corrected chi connectivity index (χ1v) is 7.63. The van der Waals surface area contributed by atoms with Crippen molar-refractivity contribution in [1.29, 1.82) is 0 Å². The first kappa shape index (κ1) is 12.5. The van der Waals surface area contributed by atoms with Crippen LogP contribution < -0.4 is 0 Å². The summed E-state index contributed by atoms with van der Waals surface area (Å²) in [5.41, 5.74) is 0. The van der Waals surface area contributed by atoms with E-state index in [1.165, 1.54) is 0 Å². The Balaban J connectivity index is 2.11. The number of carbonyl (C=O) groups excluding carboxylic acids is 2. The topological polar surface area (TPSA) is 57.7 Å². The SMILES string of the molecule is CC(CS(C)=O)N1CC(=O)N2CCCC2C1=O. The highest BCUT2D eigenvalue weighted by Gasteiger charge is 2.43. The van der Waals surface area contributed by atoms with Gasteiger partial charge in [0, 0.05) is 35.4 Å². The van der Waals surface area contributed by atoms with Gasteiger partial charge in [0.1, 0.15) is 12.6 Å².